The Hall–Kier alpha value is -3.11. The predicted molar refractivity (Wildman–Crippen MR) is 107 cm³/mol. The van der Waals surface area contributed by atoms with E-state index >= 15 is 0 Å². The van der Waals surface area contributed by atoms with E-state index in [0.717, 1.165) is 4.90 Å². The fourth-order valence-corrected chi connectivity index (χ4v) is 5.65. The van der Waals surface area contributed by atoms with E-state index < -0.39 is 47.8 Å². The number of benzene rings is 1. The van der Waals surface area contributed by atoms with Crippen molar-refractivity contribution >= 4 is 29.5 Å². The van der Waals surface area contributed by atoms with Crippen LogP contribution < -0.4 is 10.6 Å². The highest BCUT2D eigenvalue weighted by Gasteiger charge is 2.54. The standard InChI is InChI=1S/C22H23N3O7/c26-15-5-4-14(20(30)24-15)25-21(31)11-3-1-2-9(16(11)22(25)32)8-23-19(29)13-7-10-6-12(13)18(28)17(10)27/h1-3,10,12-14,17-18,27-28H,4-8H2,(H,23,29)(H,24,26,30)/t10-,12?,13-,14?,17+,18?/m0/s1. The predicted octanol–water partition coefficient (Wildman–Crippen LogP) is -0.918. The minimum Gasteiger partial charge on any atom is -0.390 e. The summed E-state index contributed by atoms with van der Waals surface area (Å²) >= 11 is 0. The summed E-state index contributed by atoms with van der Waals surface area (Å²) in [6.07, 6.45) is -0.482. The maximum atomic E-state index is 13.1. The molecule has 2 saturated carbocycles. The van der Waals surface area contributed by atoms with Crippen LogP contribution in [-0.4, -0.2) is 62.9 Å². The van der Waals surface area contributed by atoms with Crippen LogP contribution in [0, 0.1) is 17.8 Å². The molecule has 4 aliphatic rings. The summed E-state index contributed by atoms with van der Waals surface area (Å²) < 4.78 is 0. The molecule has 2 heterocycles. The van der Waals surface area contributed by atoms with E-state index in [0.29, 0.717) is 18.4 Å². The fourth-order valence-electron chi connectivity index (χ4n) is 5.65. The first-order chi connectivity index (χ1) is 15.3. The molecule has 3 fully saturated rings. The van der Waals surface area contributed by atoms with Gasteiger partial charge in [0.15, 0.2) is 0 Å². The molecule has 1 aromatic carbocycles. The lowest BCUT2D eigenvalue weighted by Gasteiger charge is -2.29. The Labute approximate surface area is 183 Å². The molecule has 1 saturated heterocycles. The highest BCUT2D eigenvalue weighted by molar-refractivity contribution is 6.24. The van der Waals surface area contributed by atoms with Crippen LogP contribution in [0.25, 0.3) is 0 Å². The maximum Gasteiger partial charge on any atom is 0.262 e. The molecule has 2 aliphatic carbocycles. The Bertz CT molecular complexity index is 1050. The average molecular weight is 441 g/mol. The van der Waals surface area contributed by atoms with E-state index in [-0.39, 0.29) is 48.3 Å². The van der Waals surface area contributed by atoms with E-state index in [2.05, 4.69) is 10.6 Å². The first-order valence-corrected chi connectivity index (χ1v) is 10.7. The minimum absolute atomic E-state index is 0.0107. The zero-order valence-electron chi connectivity index (χ0n) is 17.1. The minimum atomic E-state index is -1.05. The molecule has 1 aromatic rings. The molecule has 3 unspecified atom stereocenters. The van der Waals surface area contributed by atoms with Crippen molar-refractivity contribution in [2.45, 2.75) is 50.5 Å². The number of nitrogens with one attached hydrogen (secondary N) is 2. The molecule has 168 valence electrons. The summed E-state index contributed by atoms with van der Waals surface area (Å²) in [4.78, 5) is 63.3. The van der Waals surface area contributed by atoms with Crippen LogP contribution in [0.4, 0.5) is 0 Å². The van der Waals surface area contributed by atoms with Crippen LogP contribution in [0.1, 0.15) is 52.0 Å². The van der Waals surface area contributed by atoms with Crippen molar-refractivity contribution in [1.82, 2.24) is 15.5 Å². The van der Waals surface area contributed by atoms with Crippen molar-refractivity contribution in [3.63, 3.8) is 0 Å². The van der Waals surface area contributed by atoms with Crippen molar-refractivity contribution in [1.29, 1.82) is 0 Å². The van der Waals surface area contributed by atoms with Gasteiger partial charge in [0, 0.05) is 18.9 Å². The monoisotopic (exact) mass is 441 g/mol. The van der Waals surface area contributed by atoms with Gasteiger partial charge in [0.2, 0.25) is 17.7 Å². The molecule has 4 N–H and O–H groups in total. The second kappa shape index (κ2) is 7.49. The van der Waals surface area contributed by atoms with Gasteiger partial charge in [-0.25, -0.2) is 0 Å². The number of carbonyl (C=O) groups is 5. The smallest absolute Gasteiger partial charge is 0.262 e. The number of imide groups is 2. The molecule has 0 aromatic heterocycles. The number of carbonyl (C=O) groups excluding carboxylic acids is 5. The van der Waals surface area contributed by atoms with Crippen molar-refractivity contribution < 1.29 is 34.2 Å². The van der Waals surface area contributed by atoms with Crippen molar-refractivity contribution in [3.8, 4) is 0 Å². The van der Waals surface area contributed by atoms with Gasteiger partial charge in [-0.15, -0.1) is 0 Å². The Morgan fingerprint density at radius 3 is 2.56 bits per heavy atom. The normalized spacial score (nSPS) is 33.5. The summed E-state index contributed by atoms with van der Waals surface area (Å²) in [5, 5.41) is 25.0. The number of amides is 5. The molecule has 0 radical (unpaired) electrons. The van der Waals surface area contributed by atoms with Crippen LogP contribution in [0.15, 0.2) is 18.2 Å². The number of aliphatic hydroxyl groups is 2. The third-order valence-corrected chi connectivity index (χ3v) is 7.26. The lowest BCUT2D eigenvalue weighted by Crippen LogP contribution is -2.54. The molecule has 10 heteroatoms. The Morgan fingerprint density at radius 2 is 1.88 bits per heavy atom. The van der Waals surface area contributed by atoms with Gasteiger partial charge in [-0.1, -0.05) is 12.1 Å². The van der Waals surface area contributed by atoms with Gasteiger partial charge in [0.25, 0.3) is 11.8 Å². The Morgan fingerprint density at radius 1 is 1.09 bits per heavy atom. The highest BCUT2D eigenvalue weighted by Crippen LogP contribution is 2.48. The second-order valence-electron chi connectivity index (χ2n) is 8.99. The first-order valence-electron chi connectivity index (χ1n) is 10.7. The van der Waals surface area contributed by atoms with Gasteiger partial charge in [0.1, 0.15) is 6.04 Å². The Balaban J connectivity index is 1.32. The number of hydrogen-bond donors (Lipinski definition) is 4. The molecule has 6 atom stereocenters. The van der Waals surface area contributed by atoms with Crippen molar-refractivity contribution in [2.75, 3.05) is 0 Å². The van der Waals surface area contributed by atoms with Gasteiger partial charge in [0.05, 0.1) is 23.3 Å². The molecular formula is C22H23N3O7. The third-order valence-electron chi connectivity index (χ3n) is 7.26. The lowest BCUT2D eigenvalue weighted by molar-refractivity contribution is -0.136. The molecule has 32 heavy (non-hydrogen) atoms. The van der Waals surface area contributed by atoms with E-state index in [4.69, 9.17) is 0 Å². The summed E-state index contributed by atoms with van der Waals surface area (Å²) in [6, 6.07) is 3.69. The zero-order valence-corrected chi connectivity index (χ0v) is 17.1. The largest absolute Gasteiger partial charge is 0.390 e. The molecule has 5 rings (SSSR count). The van der Waals surface area contributed by atoms with Gasteiger partial charge >= 0.3 is 0 Å². The van der Waals surface area contributed by atoms with E-state index in [1.807, 2.05) is 0 Å². The second-order valence-corrected chi connectivity index (χ2v) is 8.99. The summed E-state index contributed by atoms with van der Waals surface area (Å²) in [5.41, 5.74) is 0.753. The SMILES string of the molecule is O=C1CCC(N2C(=O)c3cccc(CNC(=O)[C@H]4C[C@@H]5CC4C(O)[C@@H]5O)c3C2=O)C(=O)N1. The maximum absolute atomic E-state index is 13.1. The third kappa shape index (κ3) is 3.05. The van der Waals surface area contributed by atoms with Gasteiger partial charge < -0.3 is 15.5 Å². The molecule has 10 nitrogen and oxygen atoms in total. The van der Waals surface area contributed by atoms with Gasteiger partial charge in [-0.2, -0.15) is 0 Å². The number of nitrogens with zero attached hydrogens (tertiary/aromatic N) is 1. The average Bonchev–Trinajstić information content (AvgIpc) is 3.40. The Kier molecular flexibility index (Phi) is 4.86. The molecule has 0 spiro atoms. The molecule has 2 aliphatic heterocycles. The highest BCUT2D eigenvalue weighted by atomic mass is 16.3. The van der Waals surface area contributed by atoms with E-state index in [9.17, 15) is 34.2 Å². The molecule has 2 bridgehead atoms. The summed E-state index contributed by atoms with van der Waals surface area (Å²) in [7, 11) is 0. The van der Waals surface area contributed by atoms with Crippen LogP contribution in [-0.2, 0) is 20.9 Å². The molecule has 5 amide bonds. The lowest BCUT2D eigenvalue weighted by atomic mass is 9.84. The van der Waals surface area contributed by atoms with Gasteiger partial charge in [-0.05, 0) is 42.7 Å². The topological polar surface area (TPSA) is 153 Å². The summed E-state index contributed by atoms with van der Waals surface area (Å²) in [5.74, 6) is -3.39. The van der Waals surface area contributed by atoms with E-state index in [1.165, 1.54) is 6.07 Å². The number of rotatable bonds is 4. The van der Waals surface area contributed by atoms with Gasteiger partial charge in [-0.3, -0.25) is 34.2 Å². The van der Waals surface area contributed by atoms with Crippen LogP contribution in [0.2, 0.25) is 0 Å². The number of fused-ring (bicyclic) bond motifs is 3. The van der Waals surface area contributed by atoms with Crippen LogP contribution in [0.3, 0.4) is 0 Å². The first kappa shape index (κ1) is 20.8. The fraction of sp³-hybridized carbons (Fsp3) is 0.500. The number of hydrogen-bond acceptors (Lipinski definition) is 7. The zero-order chi connectivity index (χ0) is 22.7. The van der Waals surface area contributed by atoms with E-state index in [1.54, 1.807) is 12.1 Å². The van der Waals surface area contributed by atoms with Crippen molar-refractivity contribution in [2.24, 2.45) is 17.8 Å². The molecular weight excluding hydrogens is 418 g/mol. The quantitative estimate of drug-likeness (QED) is 0.441. The summed E-state index contributed by atoms with van der Waals surface area (Å²) in [6.45, 7) is 0.0107. The van der Waals surface area contributed by atoms with Crippen LogP contribution in [0.5, 0.6) is 0 Å². The van der Waals surface area contributed by atoms with Crippen molar-refractivity contribution in [3.05, 3.63) is 34.9 Å². The number of aliphatic hydroxyl groups excluding tert-OH is 2. The van der Waals surface area contributed by atoms with Crippen LogP contribution >= 0.6 is 0 Å². The number of piperidine rings is 1.